The predicted octanol–water partition coefficient (Wildman–Crippen LogP) is 2.68. The van der Waals surface area contributed by atoms with Crippen LogP contribution in [-0.4, -0.2) is 35.7 Å². The zero-order valence-corrected chi connectivity index (χ0v) is 14.7. The fraction of sp³-hybridized carbons (Fsp3) is 0.118. The molecule has 2 rings (SSSR count). The van der Waals surface area contributed by atoms with Crippen LogP contribution >= 0.6 is 11.6 Å². The van der Waals surface area contributed by atoms with Crippen LogP contribution in [0.3, 0.4) is 0 Å². The molecule has 0 unspecified atom stereocenters. The SMILES string of the molecule is O=C(CNC(=O)c1ccc(Cl)c([N+](=O)[O-])c1)OCC(=O)c1cc(F)ccc1F. The Morgan fingerprint density at radius 1 is 1.14 bits per heavy atom. The van der Waals surface area contributed by atoms with Crippen molar-refractivity contribution < 1.29 is 32.8 Å². The molecule has 0 bridgehead atoms. The first kappa shape index (κ1) is 20.9. The van der Waals surface area contributed by atoms with Crippen molar-refractivity contribution in [3.8, 4) is 0 Å². The standard InChI is InChI=1S/C17H11ClF2N2O6/c18-12-3-1-9(5-14(12)22(26)27)17(25)21-7-16(24)28-8-15(23)11-6-10(19)2-4-13(11)20/h1-6H,7-8H2,(H,21,25). The smallest absolute Gasteiger partial charge is 0.325 e. The zero-order chi connectivity index (χ0) is 20.8. The van der Waals surface area contributed by atoms with Gasteiger partial charge in [-0.25, -0.2) is 8.78 Å². The normalized spacial score (nSPS) is 10.2. The Kier molecular flexibility index (Phi) is 6.72. The Balaban J connectivity index is 1.89. The van der Waals surface area contributed by atoms with Gasteiger partial charge in [0.1, 0.15) is 23.2 Å². The van der Waals surface area contributed by atoms with E-state index in [1.165, 1.54) is 6.07 Å². The van der Waals surface area contributed by atoms with E-state index >= 15 is 0 Å². The van der Waals surface area contributed by atoms with Crippen molar-refractivity contribution in [2.45, 2.75) is 0 Å². The molecule has 0 aliphatic carbocycles. The van der Waals surface area contributed by atoms with Crippen molar-refractivity contribution in [3.63, 3.8) is 0 Å². The van der Waals surface area contributed by atoms with Crippen LogP contribution in [-0.2, 0) is 9.53 Å². The monoisotopic (exact) mass is 412 g/mol. The van der Waals surface area contributed by atoms with E-state index in [1.807, 2.05) is 0 Å². The Hall–Kier alpha value is -3.40. The highest BCUT2D eigenvalue weighted by Crippen LogP contribution is 2.24. The first-order valence-corrected chi connectivity index (χ1v) is 7.93. The van der Waals surface area contributed by atoms with Crippen molar-refractivity contribution >= 4 is 34.9 Å². The van der Waals surface area contributed by atoms with E-state index in [0.29, 0.717) is 6.07 Å². The molecule has 0 heterocycles. The number of Topliss-reactive ketones (excluding diaryl/α,β-unsaturated/α-hetero) is 1. The number of amides is 1. The second kappa shape index (κ2) is 9.00. The Bertz CT molecular complexity index is 967. The predicted molar refractivity (Wildman–Crippen MR) is 92.1 cm³/mol. The van der Waals surface area contributed by atoms with Crippen molar-refractivity contribution in [3.05, 3.63) is 74.3 Å². The summed E-state index contributed by atoms with van der Waals surface area (Å²) in [7, 11) is 0. The molecule has 0 spiro atoms. The largest absolute Gasteiger partial charge is 0.456 e. The molecule has 0 aliphatic rings. The molecule has 11 heteroatoms. The second-order valence-corrected chi connectivity index (χ2v) is 5.72. The summed E-state index contributed by atoms with van der Waals surface area (Å²) >= 11 is 5.64. The van der Waals surface area contributed by atoms with Gasteiger partial charge < -0.3 is 10.1 Å². The van der Waals surface area contributed by atoms with Gasteiger partial charge in [-0.2, -0.15) is 0 Å². The number of carbonyl (C=O) groups excluding carboxylic acids is 3. The van der Waals surface area contributed by atoms with Crippen LogP contribution in [0.25, 0.3) is 0 Å². The Morgan fingerprint density at radius 3 is 2.54 bits per heavy atom. The first-order valence-electron chi connectivity index (χ1n) is 7.55. The van der Waals surface area contributed by atoms with Crippen molar-refractivity contribution in [1.29, 1.82) is 0 Å². The lowest BCUT2D eigenvalue weighted by Crippen LogP contribution is -2.31. The van der Waals surface area contributed by atoms with Crippen LogP contribution < -0.4 is 5.32 Å². The van der Waals surface area contributed by atoms with E-state index in [-0.39, 0.29) is 10.6 Å². The molecular formula is C17H11ClF2N2O6. The third kappa shape index (κ3) is 5.30. The van der Waals surface area contributed by atoms with E-state index in [0.717, 1.165) is 24.3 Å². The molecule has 0 radical (unpaired) electrons. The van der Waals surface area contributed by atoms with Gasteiger partial charge in [0.15, 0.2) is 6.61 Å². The van der Waals surface area contributed by atoms with Gasteiger partial charge in [-0.3, -0.25) is 24.5 Å². The summed E-state index contributed by atoms with van der Waals surface area (Å²) in [4.78, 5) is 45.3. The molecule has 0 saturated heterocycles. The molecule has 0 fully saturated rings. The highest BCUT2D eigenvalue weighted by Gasteiger charge is 2.18. The van der Waals surface area contributed by atoms with Gasteiger partial charge in [0, 0.05) is 11.6 Å². The van der Waals surface area contributed by atoms with Gasteiger partial charge >= 0.3 is 5.97 Å². The lowest BCUT2D eigenvalue weighted by atomic mass is 10.1. The number of halogens is 3. The van der Waals surface area contributed by atoms with Gasteiger partial charge in [0.25, 0.3) is 11.6 Å². The lowest BCUT2D eigenvalue weighted by Gasteiger charge is -2.07. The fourth-order valence-electron chi connectivity index (χ4n) is 2.03. The third-order valence-electron chi connectivity index (χ3n) is 3.39. The van der Waals surface area contributed by atoms with Crippen LogP contribution in [0, 0.1) is 21.7 Å². The summed E-state index contributed by atoms with van der Waals surface area (Å²) < 4.78 is 31.1. The molecule has 1 amide bonds. The number of ketones is 1. The van der Waals surface area contributed by atoms with E-state index < -0.39 is 58.6 Å². The number of nitro benzene ring substituents is 1. The summed E-state index contributed by atoms with van der Waals surface area (Å²) in [6, 6.07) is 5.55. The molecule has 0 atom stereocenters. The topological polar surface area (TPSA) is 116 Å². The van der Waals surface area contributed by atoms with Crippen molar-refractivity contribution in [2.75, 3.05) is 13.2 Å². The van der Waals surface area contributed by atoms with Gasteiger partial charge in [0.05, 0.1) is 10.5 Å². The number of esters is 1. The highest BCUT2D eigenvalue weighted by molar-refractivity contribution is 6.32. The van der Waals surface area contributed by atoms with Gasteiger partial charge in [-0.15, -0.1) is 0 Å². The molecule has 2 aromatic carbocycles. The second-order valence-electron chi connectivity index (χ2n) is 5.31. The number of hydrogen-bond acceptors (Lipinski definition) is 6. The Morgan fingerprint density at radius 2 is 1.86 bits per heavy atom. The minimum atomic E-state index is -1.03. The van der Waals surface area contributed by atoms with E-state index in [2.05, 4.69) is 10.1 Å². The minimum Gasteiger partial charge on any atom is -0.456 e. The fourth-order valence-corrected chi connectivity index (χ4v) is 2.22. The number of benzene rings is 2. The first-order chi connectivity index (χ1) is 13.2. The summed E-state index contributed by atoms with van der Waals surface area (Å²) in [5.74, 6) is -4.62. The van der Waals surface area contributed by atoms with Crippen LogP contribution in [0.5, 0.6) is 0 Å². The molecule has 8 nitrogen and oxygen atoms in total. The molecule has 2 aromatic rings. The van der Waals surface area contributed by atoms with Crippen LogP contribution in [0.15, 0.2) is 36.4 Å². The molecular weight excluding hydrogens is 402 g/mol. The van der Waals surface area contributed by atoms with E-state index in [9.17, 15) is 33.3 Å². The average molecular weight is 413 g/mol. The summed E-state index contributed by atoms with van der Waals surface area (Å²) in [6.45, 7) is -1.52. The summed E-state index contributed by atoms with van der Waals surface area (Å²) in [5, 5.41) is 12.8. The maximum absolute atomic E-state index is 13.5. The molecule has 0 saturated carbocycles. The number of carbonyl (C=O) groups is 3. The Labute approximate surface area is 161 Å². The summed E-state index contributed by atoms with van der Waals surface area (Å²) in [5.41, 5.74) is -1.19. The van der Waals surface area contributed by atoms with Crippen LogP contribution in [0.4, 0.5) is 14.5 Å². The maximum atomic E-state index is 13.5. The molecule has 0 aromatic heterocycles. The van der Waals surface area contributed by atoms with Gasteiger partial charge in [-0.05, 0) is 30.3 Å². The molecule has 0 aliphatic heterocycles. The van der Waals surface area contributed by atoms with Crippen molar-refractivity contribution in [2.24, 2.45) is 0 Å². The maximum Gasteiger partial charge on any atom is 0.325 e. The summed E-state index contributed by atoms with van der Waals surface area (Å²) in [6.07, 6.45) is 0. The van der Waals surface area contributed by atoms with E-state index in [4.69, 9.17) is 11.6 Å². The van der Waals surface area contributed by atoms with Crippen molar-refractivity contribution in [1.82, 2.24) is 5.32 Å². The number of rotatable bonds is 7. The minimum absolute atomic E-state index is 0.123. The van der Waals surface area contributed by atoms with Gasteiger partial charge in [-0.1, -0.05) is 11.6 Å². The molecule has 28 heavy (non-hydrogen) atoms. The third-order valence-corrected chi connectivity index (χ3v) is 3.71. The molecule has 1 N–H and O–H groups in total. The molecule has 146 valence electrons. The number of ether oxygens (including phenoxy) is 1. The van der Waals surface area contributed by atoms with E-state index in [1.54, 1.807) is 0 Å². The lowest BCUT2D eigenvalue weighted by molar-refractivity contribution is -0.384. The highest BCUT2D eigenvalue weighted by atomic mass is 35.5. The quantitative estimate of drug-likeness (QED) is 0.323. The van der Waals surface area contributed by atoms with Gasteiger partial charge in [0.2, 0.25) is 5.78 Å². The number of hydrogen-bond donors (Lipinski definition) is 1. The average Bonchev–Trinajstić information content (AvgIpc) is 2.66. The number of nitrogens with zero attached hydrogens (tertiary/aromatic N) is 1. The number of nitro groups is 1. The van der Waals surface area contributed by atoms with Crippen LogP contribution in [0.1, 0.15) is 20.7 Å². The van der Waals surface area contributed by atoms with Crippen LogP contribution in [0.2, 0.25) is 5.02 Å². The zero-order valence-electron chi connectivity index (χ0n) is 13.9. The number of nitrogens with one attached hydrogen (secondary N) is 1.